The van der Waals surface area contributed by atoms with Gasteiger partial charge in [0.25, 0.3) is 0 Å². The average Bonchev–Trinajstić information content (AvgIpc) is 3.32. The van der Waals surface area contributed by atoms with E-state index in [-0.39, 0.29) is 6.04 Å². The molecule has 0 amide bonds. The molecule has 0 spiro atoms. The maximum Gasteiger partial charge on any atom is 0.241 e. The summed E-state index contributed by atoms with van der Waals surface area (Å²) in [7, 11) is -1.42. The SMILES string of the molecule is Cc1c(C)c(C)c(S(=O)(=O)NCC(C)N(C)C2CC2)c(C)c1C. The molecular formula is C18H30N2O2S. The number of likely N-dealkylation sites (N-methyl/N-ethyl adjacent to an activating group) is 1. The van der Waals surface area contributed by atoms with Crippen LogP contribution in [-0.2, 0) is 10.0 Å². The second kappa shape index (κ2) is 6.54. The van der Waals surface area contributed by atoms with Gasteiger partial charge in [0.2, 0.25) is 10.0 Å². The maximum absolute atomic E-state index is 12.9. The van der Waals surface area contributed by atoms with Crippen molar-refractivity contribution in [3.63, 3.8) is 0 Å². The second-order valence-electron chi connectivity index (χ2n) is 7.05. The van der Waals surface area contributed by atoms with Crippen LogP contribution < -0.4 is 4.72 Å². The summed E-state index contributed by atoms with van der Waals surface area (Å²) in [5.74, 6) is 0. The second-order valence-corrected chi connectivity index (χ2v) is 8.76. The lowest BCUT2D eigenvalue weighted by molar-refractivity contribution is 0.248. The van der Waals surface area contributed by atoms with Crippen molar-refractivity contribution in [1.82, 2.24) is 9.62 Å². The van der Waals surface area contributed by atoms with Gasteiger partial charge >= 0.3 is 0 Å². The van der Waals surface area contributed by atoms with Crippen molar-refractivity contribution in [1.29, 1.82) is 0 Å². The predicted octanol–water partition coefficient (Wildman–Crippen LogP) is 2.99. The molecule has 1 atom stereocenters. The highest BCUT2D eigenvalue weighted by atomic mass is 32.2. The first-order valence-corrected chi connectivity index (χ1v) is 9.84. The summed E-state index contributed by atoms with van der Waals surface area (Å²) < 4.78 is 28.6. The van der Waals surface area contributed by atoms with Gasteiger partial charge in [0.1, 0.15) is 0 Å². The Labute approximate surface area is 141 Å². The lowest BCUT2D eigenvalue weighted by Crippen LogP contribution is -2.41. The molecule has 0 heterocycles. The number of hydrogen-bond donors (Lipinski definition) is 1. The van der Waals surface area contributed by atoms with E-state index in [1.807, 2.05) is 27.7 Å². The molecule has 0 saturated heterocycles. The minimum atomic E-state index is -3.49. The van der Waals surface area contributed by atoms with Gasteiger partial charge in [-0.15, -0.1) is 0 Å². The van der Waals surface area contributed by atoms with E-state index in [1.54, 1.807) is 0 Å². The molecule has 130 valence electrons. The summed E-state index contributed by atoms with van der Waals surface area (Å²) in [6.45, 7) is 12.4. The lowest BCUT2D eigenvalue weighted by atomic mass is 9.95. The molecule has 1 N–H and O–H groups in total. The molecule has 23 heavy (non-hydrogen) atoms. The Balaban J connectivity index is 2.26. The minimum Gasteiger partial charge on any atom is -0.299 e. The van der Waals surface area contributed by atoms with Gasteiger partial charge in [-0.3, -0.25) is 4.90 Å². The van der Waals surface area contributed by atoms with Gasteiger partial charge in [-0.25, -0.2) is 13.1 Å². The van der Waals surface area contributed by atoms with Gasteiger partial charge in [0, 0.05) is 18.6 Å². The number of sulfonamides is 1. The van der Waals surface area contributed by atoms with E-state index in [0.717, 1.165) is 22.3 Å². The number of hydrogen-bond acceptors (Lipinski definition) is 3. The van der Waals surface area contributed by atoms with Crippen LogP contribution in [0.5, 0.6) is 0 Å². The zero-order valence-electron chi connectivity index (χ0n) is 15.4. The summed E-state index contributed by atoms with van der Waals surface area (Å²) in [5, 5.41) is 0. The third-order valence-corrected chi connectivity index (χ3v) is 7.28. The zero-order chi connectivity index (χ0) is 17.5. The Morgan fingerprint density at radius 1 is 1.00 bits per heavy atom. The Morgan fingerprint density at radius 3 is 1.87 bits per heavy atom. The largest absolute Gasteiger partial charge is 0.299 e. The van der Waals surface area contributed by atoms with Crippen LogP contribution >= 0.6 is 0 Å². The van der Waals surface area contributed by atoms with Crippen molar-refractivity contribution in [3.8, 4) is 0 Å². The summed E-state index contributed by atoms with van der Waals surface area (Å²) in [5.41, 5.74) is 5.04. The highest BCUT2D eigenvalue weighted by molar-refractivity contribution is 7.89. The van der Waals surface area contributed by atoms with Gasteiger partial charge in [-0.05, 0) is 89.2 Å². The van der Waals surface area contributed by atoms with Crippen molar-refractivity contribution < 1.29 is 8.42 Å². The number of rotatable bonds is 6. The molecule has 0 aromatic heterocycles. The predicted molar refractivity (Wildman–Crippen MR) is 95.6 cm³/mol. The molecule has 1 unspecified atom stereocenters. The summed E-state index contributed by atoms with van der Waals surface area (Å²) >= 11 is 0. The van der Waals surface area contributed by atoms with E-state index in [1.165, 1.54) is 18.4 Å². The van der Waals surface area contributed by atoms with Crippen LogP contribution in [0.25, 0.3) is 0 Å². The smallest absolute Gasteiger partial charge is 0.241 e. The fraction of sp³-hybridized carbons (Fsp3) is 0.667. The highest BCUT2D eigenvalue weighted by Gasteiger charge is 2.30. The third-order valence-electron chi connectivity index (χ3n) is 5.59. The molecule has 1 aromatic carbocycles. The van der Waals surface area contributed by atoms with E-state index in [4.69, 9.17) is 0 Å². The maximum atomic E-state index is 12.9. The first-order valence-electron chi connectivity index (χ1n) is 8.36. The standard InChI is InChI=1S/C18H30N2O2S/c1-11(20(7)17-8-9-17)10-19-23(21,22)18-15(5)13(3)12(2)14(4)16(18)6/h11,17,19H,8-10H2,1-7H3. The first kappa shape index (κ1) is 18.4. The van der Waals surface area contributed by atoms with Crippen molar-refractivity contribution in [2.75, 3.05) is 13.6 Å². The molecular weight excluding hydrogens is 308 g/mol. The number of nitrogens with one attached hydrogen (secondary N) is 1. The Morgan fingerprint density at radius 2 is 1.43 bits per heavy atom. The van der Waals surface area contributed by atoms with Crippen LogP contribution in [0.2, 0.25) is 0 Å². The Kier molecular flexibility index (Phi) is 5.24. The molecule has 1 aliphatic rings. The zero-order valence-corrected chi connectivity index (χ0v) is 16.3. The summed E-state index contributed by atoms with van der Waals surface area (Å²) in [6, 6.07) is 0.826. The lowest BCUT2D eigenvalue weighted by Gasteiger charge is -2.25. The highest BCUT2D eigenvalue weighted by Crippen LogP contribution is 2.30. The number of benzene rings is 1. The van der Waals surface area contributed by atoms with Gasteiger partial charge in [0.15, 0.2) is 0 Å². The van der Waals surface area contributed by atoms with Gasteiger partial charge in [-0.2, -0.15) is 0 Å². The quantitative estimate of drug-likeness (QED) is 0.867. The normalized spacial score (nSPS) is 16.9. The van der Waals surface area contributed by atoms with Crippen LogP contribution in [0.15, 0.2) is 4.90 Å². The fourth-order valence-corrected chi connectivity index (χ4v) is 4.87. The van der Waals surface area contributed by atoms with Crippen molar-refractivity contribution in [2.45, 2.75) is 71.4 Å². The molecule has 1 aromatic rings. The van der Waals surface area contributed by atoms with E-state index in [2.05, 4.69) is 30.5 Å². The monoisotopic (exact) mass is 338 g/mol. The van der Waals surface area contributed by atoms with Crippen LogP contribution in [-0.4, -0.2) is 39.0 Å². The van der Waals surface area contributed by atoms with Crippen LogP contribution in [0.3, 0.4) is 0 Å². The first-order chi connectivity index (χ1) is 10.6. The minimum absolute atomic E-state index is 0.200. The van der Waals surface area contributed by atoms with E-state index < -0.39 is 10.0 Å². The molecule has 0 bridgehead atoms. The number of nitrogens with zero attached hydrogens (tertiary/aromatic N) is 1. The summed E-state index contributed by atoms with van der Waals surface area (Å²) in [4.78, 5) is 2.73. The average molecular weight is 339 g/mol. The molecule has 5 heteroatoms. The van der Waals surface area contributed by atoms with Crippen molar-refractivity contribution in [2.24, 2.45) is 0 Å². The topological polar surface area (TPSA) is 49.4 Å². The van der Waals surface area contributed by atoms with Crippen LogP contribution in [0, 0.1) is 34.6 Å². The Hall–Kier alpha value is -0.910. The van der Waals surface area contributed by atoms with Gasteiger partial charge in [-0.1, -0.05) is 0 Å². The molecule has 0 aliphatic heterocycles. The summed E-state index contributed by atoms with van der Waals surface area (Å²) in [6.07, 6.45) is 2.45. The van der Waals surface area contributed by atoms with E-state index in [0.29, 0.717) is 17.5 Å². The molecule has 0 radical (unpaired) electrons. The van der Waals surface area contributed by atoms with Crippen molar-refractivity contribution in [3.05, 3.63) is 27.8 Å². The molecule has 1 saturated carbocycles. The third kappa shape index (κ3) is 3.62. The van der Waals surface area contributed by atoms with E-state index in [9.17, 15) is 8.42 Å². The molecule has 2 rings (SSSR count). The van der Waals surface area contributed by atoms with Crippen LogP contribution in [0.4, 0.5) is 0 Å². The van der Waals surface area contributed by atoms with Crippen LogP contribution in [0.1, 0.15) is 47.6 Å². The Bertz CT molecular complexity index is 677. The molecule has 1 fully saturated rings. The fourth-order valence-electron chi connectivity index (χ4n) is 3.16. The van der Waals surface area contributed by atoms with Gasteiger partial charge in [0.05, 0.1) is 4.90 Å². The van der Waals surface area contributed by atoms with E-state index >= 15 is 0 Å². The van der Waals surface area contributed by atoms with Gasteiger partial charge < -0.3 is 0 Å². The van der Waals surface area contributed by atoms with Crippen molar-refractivity contribution >= 4 is 10.0 Å². The molecule has 1 aliphatic carbocycles. The molecule has 4 nitrogen and oxygen atoms in total.